The molecule has 0 unspecified atom stereocenters. The summed E-state index contributed by atoms with van der Waals surface area (Å²) >= 11 is 0. The molecule has 1 saturated heterocycles. The molecule has 0 radical (unpaired) electrons. The fourth-order valence-corrected chi connectivity index (χ4v) is 4.01. The van der Waals surface area contributed by atoms with Crippen LogP contribution in [0.25, 0.3) is 0 Å². The molecule has 4 rings (SSSR count). The summed E-state index contributed by atoms with van der Waals surface area (Å²) < 4.78 is 6.00. The number of aromatic nitrogens is 2. The van der Waals surface area contributed by atoms with Crippen LogP contribution in [0.3, 0.4) is 0 Å². The quantitative estimate of drug-likeness (QED) is 0.837. The fraction of sp³-hybridized carbons (Fsp3) is 0.500. The van der Waals surface area contributed by atoms with Gasteiger partial charge in [0.05, 0.1) is 0 Å². The minimum absolute atomic E-state index is 0.00745. The summed E-state index contributed by atoms with van der Waals surface area (Å²) in [5.41, 5.74) is 0.660. The molecule has 6 nitrogen and oxygen atoms in total. The Labute approximate surface area is 166 Å². The minimum Gasteiger partial charge on any atom is -0.436 e. The molecule has 6 heteroatoms. The molecular weight excluding hydrogens is 352 g/mol. The molecule has 0 bridgehead atoms. The number of nitrogens with zero attached hydrogens (tertiary/aromatic N) is 3. The van der Waals surface area contributed by atoms with Crippen molar-refractivity contribution < 1.29 is 9.53 Å². The Kier molecular flexibility index (Phi) is 6.04. The molecule has 2 aliphatic rings. The highest BCUT2D eigenvalue weighted by molar-refractivity contribution is 5.94. The molecule has 1 aromatic carbocycles. The van der Waals surface area contributed by atoms with Gasteiger partial charge in [-0.25, -0.2) is 9.97 Å². The molecular formula is C22H28N4O2. The van der Waals surface area contributed by atoms with Crippen LogP contribution in [-0.2, 0) is 0 Å². The molecule has 1 aliphatic heterocycles. The number of carbonyl (C=O) groups is 1. The second kappa shape index (κ2) is 9.04. The second-order valence-corrected chi connectivity index (χ2v) is 7.67. The third-order valence-electron chi connectivity index (χ3n) is 5.57. The minimum atomic E-state index is -0.00745. The van der Waals surface area contributed by atoms with Gasteiger partial charge < -0.3 is 15.0 Å². The zero-order valence-corrected chi connectivity index (χ0v) is 16.3. The molecule has 0 spiro atoms. The average Bonchev–Trinajstić information content (AvgIpc) is 2.76. The zero-order valence-electron chi connectivity index (χ0n) is 16.3. The van der Waals surface area contributed by atoms with E-state index < -0.39 is 0 Å². The Bertz CT molecular complexity index is 781. The molecule has 1 aliphatic carbocycles. The van der Waals surface area contributed by atoms with Crippen molar-refractivity contribution in [3.8, 4) is 11.6 Å². The molecule has 1 saturated carbocycles. The molecule has 2 heterocycles. The summed E-state index contributed by atoms with van der Waals surface area (Å²) in [4.78, 5) is 23.6. The van der Waals surface area contributed by atoms with Crippen LogP contribution in [0.2, 0.25) is 0 Å². The highest BCUT2D eigenvalue weighted by Crippen LogP contribution is 2.30. The third-order valence-corrected chi connectivity index (χ3v) is 5.57. The summed E-state index contributed by atoms with van der Waals surface area (Å²) in [5, 5.41) is 3.15. The van der Waals surface area contributed by atoms with Crippen molar-refractivity contribution in [1.82, 2.24) is 15.3 Å². The van der Waals surface area contributed by atoms with Gasteiger partial charge in [0.15, 0.2) is 5.82 Å². The number of ether oxygens (including phenoxy) is 1. The predicted molar refractivity (Wildman–Crippen MR) is 109 cm³/mol. The van der Waals surface area contributed by atoms with Gasteiger partial charge in [0, 0.05) is 37.1 Å². The van der Waals surface area contributed by atoms with E-state index in [9.17, 15) is 4.79 Å². The number of rotatable bonds is 5. The van der Waals surface area contributed by atoms with Crippen LogP contribution < -0.4 is 15.0 Å². The first-order chi connectivity index (χ1) is 13.8. The van der Waals surface area contributed by atoms with Gasteiger partial charge in [-0.2, -0.15) is 0 Å². The van der Waals surface area contributed by atoms with Crippen LogP contribution in [-0.4, -0.2) is 35.0 Å². The lowest BCUT2D eigenvalue weighted by molar-refractivity contribution is 0.0927. The van der Waals surface area contributed by atoms with Crippen LogP contribution in [0, 0.1) is 0 Å². The van der Waals surface area contributed by atoms with Crippen molar-refractivity contribution in [3.63, 3.8) is 0 Å². The monoisotopic (exact) mass is 380 g/mol. The van der Waals surface area contributed by atoms with E-state index in [1.807, 2.05) is 24.3 Å². The first kappa shape index (κ1) is 18.7. The molecule has 1 amide bonds. The van der Waals surface area contributed by atoms with Crippen molar-refractivity contribution >= 4 is 11.7 Å². The van der Waals surface area contributed by atoms with Crippen molar-refractivity contribution in [1.29, 1.82) is 0 Å². The number of anilines is 1. The zero-order chi connectivity index (χ0) is 19.2. The van der Waals surface area contributed by atoms with Crippen LogP contribution in [0.5, 0.6) is 11.6 Å². The fourth-order valence-electron chi connectivity index (χ4n) is 4.01. The van der Waals surface area contributed by atoms with Crippen LogP contribution in [0.15, 0.2) is 36.7 Å². The summed E-state index contributed by atoms with van der Waals surface area (Å²) in [6.07, 6.45) is 12.8. The van der Waals surface area contributed by atoms with Gasteiger partial charge in [0.2, 0.25) is 0 Å². The van der Waals surface area contributed by atoms with Gasteiger partial charge in [-0.3, -0.25) is 4.79 Å². The molecule has 0 atom stereocenters. The number of piperidine rings is 1. The maximum absolute atomic E-state index is 12.5. The van der Waals surface area contributed by atoms with Crippen LogP contribution >= 0.6 is 0 Å². The van der Waals surface area contributed by atoms with Gasteiger partial charge in [-0.1, -0.05) is 19.3 Å². The summed E-state index contributed by atoms with van der Waals surface area (Å²) in [5.74, 6) is 1.96. The Morgan fingerprint density at radius 2 is 1.61 bits per heavy atom. The summed E-state index contributed by atoms with van der Waals surface area (Å²) in [6, 6.07) is 7.58. The molecule has 148 valence electrons. The second-order valence-electron chi connectivity index (χ2n) is 7.67. The number of hydrogen-bond donors (Lipinski definition) is 1. The van der Waals surface area contributed by atoms with E-state index in [0.29, 0.717) is 23.2 Å². The average molecular weight is 380 g/mol. The van der Waals surface area contributed by atoms with E-state index in [-0.39, 0.29) is 5.91 Å². The summed E-state index contributed by atoms with van der Waals surface area (Å²) in [6.45, 7) is 1.96. The maximum Gasteiger partial charge on any atom is 0.263 e. The Morgan fingerprint density at radius 1 is 0.929 bits per heavy atom. The van der Waals surface area contributed by atoms with Gasteiger partial charge in [0.1, 0.15) is 5.75 Å². The molecule has 2 fully saturated rings. The van der Waals surface area contributed by atoms with Crippen molar-refractivity contribution in [2.45, 2.75) is 57.4 Å². The number of amides is 1. The van der Waals surface area contributed by atoms with Gasteiger partial charge in [-0.15, -0.1) is 0 Å². The lowest BCUT2D eigenvalue weighted by Gasteiger charge is -2.28. The molecule has 1 aromatic heterocycles. The molecule has 1 N–H and O–H groups in total. The standard InChI is InChI=1S/C22H28N4O2/c27-21(25-18-7-3-1-4-8-18)17-9-11-19(12-10-17)28-22-20(23-13-14-24-22)26-15-5-2-6-16-26/h9-14,18H,1-8,15-16H2,(H,25,27). The maximum atomic E-state index is 12.5. The Hall–Kier alpha value is -2.63. The van der Waals surface area contributed by atoms with Crippen molar-refractivity contribution in [3.05, 3.63) is 42.2 Å². The van der Waals surface area contributed by atoms with Crippen LogP contribution in [0.4, 0.5) is 5.82 Å². The highest BCUT2D eigenvalue weighted by Gasteiger charge is 2.19. The first-order valence-corrected chi connectivity index (χ1v) is 10.4. The highest BCUT2D eigenvalue weighted by atomic mass is 16.5. The van der Waals surface area contributed by atoms with Crippen LogP contribution in [0.1, 0.15) is 61.7 Å². The van der Waals surface area contributed by atoms with E-state index in [4.69, 9.17) is 4.74 Å². The van der Waals surface area contributed by atoms with Crippen molar-refractivity contribution in [2.24, 2.45) is 0 Å². The van der Waals surface area contributed by atoms with E-state index in [2.05, 4.69) is 20.2 Å². The lowest BCUT2D eigenvalue weighted by atomic mass is 9.95. The lowest BCUT2D eigenvalue weighted by Crippen LogP contribution is -2.36. The van der Waals surface area contributed by atoms with E-state index in [1.165, 1.54) is 38.5 Å². The van der Waals surface area contributed by atoms with Gasteiger partial charge in [0.25, 0.3) is 11.8 Å². The van der Waals surface area contributed by atoms with E-state index in [1.54, 1.807) is 12.4 Å². The largest absolute Gasteiger partial charge is 0.436 e. The van der Waals surface area contributed by atoms with Gasteiger partial charge >= 0.3 is 0 Å². The van der Waals surface area contributed by atoms with E-state index >= 15 is 0 Å². The van der Waals surface area contributed by atoms with E-state index in [0.717, 1.165) is 31.7 Å². The van der Waals surface area contributed by atoms with Gasteiger partial charge in [-0.05, 0) is 56.4 Å². The predicted octanol–water partition coefficient (Wildman–Crippen LogP) is 4.32. The number of hydrogen-bond acceptors (Lipinski definition) is 5. The smallest absolute Gasteiger partial charge is 0.263 e. The molecule has 28 heavy (non-hydrogen) atoms. The number of benzene rings is 1. The normalized spacial score (nSPS) is 17.9. The number of carbonyl (C=O) groups excluding carboxylic acids is 1. The first-order valence-electron chi connectivity index (χ1n) is 10.4. The topological polar surface area (TPSA) is 67.3 Å². The third kappa shape index (κ3) is 4.61. The number of nitrogens with one attached hydrogen (secondary N) is 1. The Balaban J connectivity index is 1.41. The summed E-state index contributed by atoms with van der Waals surface area (Å²) in [7, 11) is 0. The molecule has 2 aromatic rings. The Morgan fingerprint density at radius 3 is 2.36 bits per heavy atom. The van der Waals surface area contributed by atoms with Crippen molar-refractivity contribution in [2.75, 3.05) is 18.0 Å². The SMILES string of the molecule is O=C(NC1CCCCC1)c1ccc(Oc2nccnc2N2CCCCC2)cc1.